The lowest BCUT2D eigenvalue weighted by molar-refractivity contribution is 0.104. The third kappa shape index (κ3) is 3.89. The standard InChI is InChI=1S/C24H15ClFNO2/c25-17-9-12-20-19(14-17)22(16-4-2-1-3-5-16)23(24(29)27-20)21(28)13-8-15-6-10-18(26)11-7-15/h1-14H,(H,27,29)/b13-8+. The number of pyridine rings is 1. The Morgan fingerprint density at radius 3 is 2.41 bits per heavy atom. The first-order valence-electron chi connectivity index (χ1n) is 8.92. The molecule has 0 atom stereocenters. The van der Waals surface area contributed by atoms with E-state index in [1.54, 1.807) is 36.4 Å². The minimum Gasteiger partial charge on any atom is -0.321 e. The number of rotatable bonds is 4. The molecular formula is C24H15ClFNO2. The number of fused-ring (bicyclic) bond motifs is 1. The number of H-pyrrole nitrogens is 1. The van der Waals surface area contributed by atoms with Gasteiger partial charge >= 0.3 is 0 Å². The minimum atomic E-state index is -0.479. The quantitative estimate of drug-likeness (QED) is 0.341. The molecule has 3 nitrogen and oxygen atoms in total. The van der Waals surface area contributed by atoms with E-state index in [-0.39, 0.29) is 11.4 Å². The molecule has 1 aromatic heterocycles. The van der Waals surface area contributed by atoms with Crippen LogP contribution in [0.5, 0.6) is 0 Å². The number of benzene rings is 3. The van der Waals surface area contributed by atoms with Gasteiger partial charge in [0.15, 0.2) is 5.78 Å². The first-order valence-corrected chi connectivity index (χ1v) is 9.29. The molecule has 0 spiro atoms. The highest BCUT2D eigenvalue weighted by molar-refractivity contribution is 6.31. The SMILES string of the molecule is O=C(/C=C/c1ccc(F)cc1)c1c(-c2ccccc2)c2cc(Cl)ccc2[nH]c1=O. The Kier molecular flexibility index (Phi) is 5.10. The Balaban J connectivity index is 1.91. The van der Waals surface area contributed by atoms with Crippen molar-refractivity contribution in [3.63, 3.8) is 0 Å². The van der Waals surface area contributed by atoms with E-state index in [4.69, 9.17) is 11.6 Å². The van der Waals surface area contributed by atoms with E-state index in [2.05, 4.69) is 4.98 Å². The fourth-order valence-corrected chi connectivity index (χ4v) is 3.41. The summed E-state index contributed by atoms with van der Waals surface area (Å²) in [6, 6.07) is 20.1. The van der Waals surface area contributed by atoms with Gasteiger partial charge < -0.3 is 4.98 Å². The van der Waals surface area contributed by atoms with Crippen molar-refractivity contribution in [2.24, 2.45) is 0 Å². The van der Waals surface area contributed by atoms with Gasteiger partial charge in [-0.25, -0.2) is 4.39 Å². The number of aromatic nitrogens is 1. The molecule has 0 amide bonds. The van der Waals surface area contributed by atoms with Crippen LogP contribution in [0.3, 0.4) is 0 Å². The highest BCUT2D eigenvalue weighted by atomic mass is 35.5. The molecule has 29 heavy (non-hydrogen) atoms. The van der Waals surface area contributed by atoms with Gasteiger partial charge in [0.05, 0.1) is 5.56 Å². The molecule has 4 rings (SSSR count). The van der Waals surface area contributed by atoms with Crippen molar-refractivity contribution in [3.8, 4) is 11.1 Å². The zero-order chi connectivity index (χ0) is 20.4. The Labute approximate surface area is 171 Å². The van der Waals surface area contributed by atoms with Gasteiger partial charge in [-0.1, -0.05) is 60.1 Å². The number of hydrogen-bond acceptors (Lipinski definition) is 2. The summed E-state index contributed by atoms with van der Waals surface area (Å²) >= 11 is 6.18. The van der Waals surface area contributed by atoms with Gasteiger partial charge in [-0.2, -0.15) is 0 Å². The summed E-state index contributed by atoms with van der Waals surface area (Å²) in [5.41, 5.74) is 2.07. The second-order valence-electron chi connectivity index (χ2n) is 6.51. The van der Waals surface area contributed by atoms with Crippen molar-refractivity contribution in [2.75, 3.05) is 0 Å². The number of aromatic amines is 1. The number of carbonyl (C=O) groups is 1. The summed E-state index contributed by atoms with van der Waals surface area (Å²) in [5.74, 6) is -0.806. The fraction of sp³-hybridized carbons (Fsp3) is 0. The maximum absolute atomic E-state index is 13.1. The van der Waals surface area contributed by atoms with Gasteiger partial charge in [0.2, 0.25) is 0 Å². The number of halogens is 2. The Morgan fingerprint density at radius 2 is 1.69 bits per heavy atom. The largest absolute Gasteiger partial charge is 0.321 e. The molecule has 1 heterocycles. The van der Waals surface area contributed by atoms with Gasteiger partial charge in [0, 0.05) is 21.5 Å². The Hall–Kier alpha value is -3.50. The summed E-state index contributed by atoms with van der Waals surface area (Å²) < 4.78 is 13.1. The molecule has 0 saturated carbocycles. The Morgan fingerprint density at radius 1 is 0.966 bits per heavy atom. The van der Waals surface area contributed by atoms with Crippen molar-refractivity contribution in [3.05, 3.63) is 111 Å². The summed E-state index contributed by atoms with van der Waals surface area (Å²) in [4.78, 5) is 28.6. The van der Waals surface area contributed by atoms with Crippen molar-refractivity contribution < 1.29 is 9.18 Å². The van der Waals surface area contributed by atoms with Crippen LogP contribution in [0.25, 0.3) is 28.1 Å². The zero-order valence-electron chi connectivity index (χ0n) is 15.2. The summed E-state index contributed by atoms with van der Waals surface area (Å²) in [5, 5.41) is 1.18. The van der Waals surface area contributed by atoms with Crippen molar-refractivity contribution in [1.82, 2.24) is 4.98 Å². The van der Waals surface area contributed by atoms with Crippen molar-refractivity contribution in [2.45, 2.75) is 0 Å². The molecular weight excluding hydrogens is 389 g/mol. The molecule has 0 aliphatic heterocycles. The normalized spacial score (nSPS) is 11.2. The maximum Gasteiger partial charge on any atom is 0.260 e. The smallest absolute Gasteiger partial charge is 0.260 e. The van der Waals surface area contributed by atoms with Gasteiger partial charge in [0.1, 0.15) is 5.82 Å². The second kappa shape index (κ2) is 7.86. The topological polar surface area (TPSA) is 49.9 Å². The van der Waals surface area contributed by atoms with Crippen LogP contribution in [0.1, 0.15) is 15.9 Å². The molecule has 5 heteroatoms. The first kappa shape index (κ1) is 18.8. The number of ketones is 1. The van der Waals surface area contributed by atoms with Gasteiger partial charge in [-0.15, -0.1) is 0 Å². The van der Waals surface area contributed by atoms with Crippen molar-refractivity contribution in [1.29, 1.82) is 0 Å². The molecule has 0 aliphatic rings. The van der Waals surface area contributed by atoms with E-state index < -0.39 is 11.3 Å². The monoisotopic (exact) mass is 403 g/mol. The lowest BCUT2D eigenvalue weighted by Crippen LogP contribution is -2.18. The van der Waals surface area contributed by atoms with E-state index in [9.17, 15) is 14.0 Å². The molecule has 0 radical (unpaired) electrons. The lowest BCUT2D eigenvalue weighted by atomic mass is 9.94. The third-order valence-corrected chi connectivity index (χ3v) is 4.82. The van der Waals surface area contributed by atoms with E-state index in [0.29, 0.717) is 27.1 Å². The number of hydrogen-bond donors (Lipinski definition) is 1. The minimum absolute atomic E-state index is 0.0318. The van der Waals surface area contributed by atoms with Crippen LogP contribution in [0.4, 0.5) is 4.39 Å². The fourth-order valence-electron chi connectivity index (χ4n) is 3.23. The number of nitrogens with one attached hydrogen (secondary N) is 1. The van der Waals surface area contributed by atoms with Gasteiger partial charge in [-0.3, -0.25) is 9.59 Å². The highest BCUT2D eigenvalue weighted by Gasteiger charge is 2.19. The maximum atomic E-state index is 13.1. The summed E-state index contributed by atoms with van der Waals surface area (Å²) in [6.45, 7) is 0. The van der Waals surface area contributed by atoms with Crippen LogP contribution in [-0.2, 0) is 0 Å². The van der Waals surface area contributed by atoms with E-state index in [1.165, 1.54) is 18.2 Å². The summed E-state index contributed by atoms with van der Waals surface area (Å²) in [6.07, 6.45) is 2.87. The van der Waals surface area contributed by atoms with Crippen LogP contribution < -0.4 is 5.56 Å². The predicted octanol–water partition coefficient (Wildman–Crippen LogP) is 5.88. The van der Waals surface area contributed by atoms with E-state index in [0.717, 1.165) is 5.56 Å². The first-order chi connectivity index (χ1) is 14.0. The van der Waals surface area contributed by atoms with Crippen molar-refractivity contribution >= 4 is 34.4 Å². The average molecular weight is 404 g/mol. The van der Waals surface area contributed by atoms with Crippen LogP contribution in [0.2, 0.25) is 5.02 Å². The number of carbonyl (C=O) groups excluding carboxylic acids is 1. The molecule has 0 bridgehead atoms. The van der Waals surface area contributed by atoms with E-state index in [1.807, 2.05) is 30.3 Å². The molecule has 0 saturated heterocycles. The lowest BCUT2D eigenvalue weighted by Gasteiger charge is -2.11. The van der Waals surface area contributed by atoms with E-state index >= 15 is 0 Å². The van der Waals surface area contributed by atoms with Crippen LogP contribution >= 0.6 is 11.6 Å². The van der Waals surface area contributed by atoms with Gasteiger partial charge in [-0.05, 0) is 47.5 Å². The average Bonchev–Trinajstić information content (AvgIpc) is 2.73. The van der Waals surface area contributed by atoms with Crippen LogP contribution in [0.15, 0.2) is 83.7 Å². The number of allylic oxidation sites excluding steroid dienone is 1. The molecule has 142 valence electrons. The zero-order valence-corrected chi connectivity index (χ0v) is 15.9. The predicted molar refractivity (Wildman–Crippen MR) is 115 cm³/mol. The van der Waals surface area contributed by atoms with Gasteiger partial charge in [0.25, 0.3) is 5.56 Å². The molecule has 0 aliphatic carbocycles. The second-order valence-corrected chi connectivity index (χ2v) is 6.95. The van der Waals surface area contributed by atoms with Crippen LogP contribution in [-0.4, -0.2) is 10.8 Å². The molecule has 4 aromatic rings. The third-order valence-electron chi connectivity index (χ3n) is 4.58. The molecule has 3 aromatic carbocycles. The summed E-state index contributed by atoms with van der Waals surface area (Å²) in [7, 11) is 0. The Bertz CT molecular complexity index is 1290. The molecule has 0 fully saturated rings. The molecule has 0 unspecified atom stereocenters. The molecule has 1 N–H and O–H groups in total. The van der Waals surface area contributed by atoms with Crippen LogP contribution in [0, 0.1) is 5.82 Å². The highest BCUT2D eigenvalue weighted by Crippen LogP contribution is 2.31.